The van der Waals surface area contributed by atoms with Gasteiger partial charge in [-0.1, -0.05) is 12.2 Å². The Bertz CT molecular complexity index is 217. The minimum Gasteiger partial charge on any atom is -0.192 e. The van der Waals surface area contributed by atoms with Gasteiger partial charge in [-0.15, -0.1) is 0 Å². The van der Waals surface area contributed by atoms with Gasteiger partial charge in [-0.05, 0) is 13.8 Å². The Balaban J connectivity index is 4.70. The Hall–Kier alpha value is -1.54. The van der Waals surface area contributed by atoms with E-state index in [2.05, 4.69) is 0 Å². The van der Waals surface area contributed by atoms with Crippen LogP contribution in [0.1, 0.15) is 13.8 Å². The average Bonchev–Trinajstić information content (AvgIpc) is 2.00. The van der Waals surface area contributed by atoms with Gasteiger partial charge in [0.15, 0.2) is 0 Å². The molecule has 0 saturated heterocycles. The molecule has 0 aromatic rings. The highest BCUT2D eigenvalue weighted by Crippen LogP contribution is 2.05. The number of rotatable bonds is 1. The van der Waals surface area contributed by atoms with Crippen molar-refractivity contribution in [1.82, 2.24) is 0 Å². The van der Waals surface area contributed by atoms with Crippen LogP contribution in [0.4, 0.5) is 0 Å². The molecule has 0 fully saturated rings. The first kappa shape index (κ1) is 8.46. The summed E-state index contributed by atoms with van der Waals surface area (Å²) in [5.74, 6) is 0. The van der Waals surface area contributed by atoms with Gasteiger partial charge in [-0.3, -0.25) is 0 Å². The molecule has 0 aliphatic carbocycles. The van der Waals surface area contributed by atoms with E-state index in [0.29, 0.717) is 11.1 Å². The molecule has 0 bridgehead atoms. The van der Waals surface area contributed by atoms with Crippen LogP contribution in [0.2, 0.25) is 0 Å². The normalized spacial score (nSPS) is 12.0. The number of allylic oxidation sites excluding steroid dienone is 4. The van der Waals surface area contributed by atoms with E-state index < -0.39 is 0 Å². The van der Waals surface area contributed by atoms with Crippen LogP contribution in [-0.4, -0.2) is 0 Å². The van der Waals surface area contributed by atoms with Crippen LogP contribution >= 0.6 is 0 Å². The first-order valence-electron chi connectivity index (χ1n) is 2.93. The van der Waals surface area contributed by atoms with Gasteiger partial charge in [0.2, 0.25) is 0 Å². The fourth-order valence-corrected chi connectivity index (χ4v) is 0.561. The van der Waals surface area contributed by atoms with Gasteiger partial charge >= 0.3 is 0 Å². The van der Waals surface area contributed by atoms with Gasteiger partial charge in [0.05, 0.1) is 11.1 Å². The Morgan fingerprint density at radius 3 is 1.40 bits per heavy atom. The molecule has 0 aromatic carbocycles. The van der Waals surface area contributed by atoms with Crippen molar-refractivity contribution in [2.45, 2.75) is 13.8 Å². The molecule has 0 aromatic heterocycles. The number of hydrogen-bond acceptors (Lipinski definition) is 2. The third-order valence-corrected chi connectivity index (χ3v) is 1.11. The van der Waals surface area contributed by atoms with Crippen LogP contribution in [0, 0.1) is 22.7 Å². The van der Waals surface area contributed by atoms with Crippen LogP contribution in [0.15, 0.2) is 23.3 Å². The summed E-state index contributed by atoms with van der Waals surface area (Å²) in [5, 5.41) is 16.9. The molecule has 0 amide bonds. The smallest absolute Gasteiger partial charge is 0.100 e. The van der Waals surface area contributed by atoms with Crippen LogP contribution in [0.3, 0.4) is 0 Å². The second-order valence-electron chi connectivity index (χ2n) is 1.63. The minimum atomic E-state index is 0.435. The lowest BCUT2D eigenvalue weighted by atomic mass is 10.1. The lowest BCUT2D eigenvalue weighted by Gasteiger charge is -1.88. The van der Waals surface area contributed by atoms with E-state index in [0.717, 1.165) is 0 Å². The quantitative estimate of drug-likeness (QED) is 0.404. The highest BCUT2D eigenvalue weighted by molar-refractivity contribution is 5.49. The van der Waals surface area contributed by atoms with Gasteiger partial charge in [0.25, 0.3) is 0 Å². The van der Waals surface area contributed by atoms with Crippen LogP contribution < -0.4 is 0 Å². The molecule has 10 heavy (non-hydrogen) atoms. The highest BCUT2D eigenvalue weighted by atomic mass is 14.3. The predicted molar refractivity (Wildman–Crippen MR) is 38.7 cm³/mol. The van der Waals surface area contributed by atoms with Crippen LogP contribution in [0.25, 0.3) is 0 Å². The second-order valence-corrected chi connectivity index (χ2v) is 1.63. The number of nitriles is 2. The fraction of sp³-hybridized carbons (Fsp3) is 0.250. The average molecular weight is 132 g/mol. The van der Waals surface area contributed by atoms with Crippen molar-refractivity contribution in [1.29, 1.82) is 10.5 Å². The third kappa shape index (κ3) is 1.76. The molecule has 0 aliphatic rings. The molecule has 0 spiro atoms. The molecule has 0 aliphatic heterocycles. The monoisotopic (exact) mass is 132 g/mol. The Kier molecular flexibility index (Phi) is 3.68. The topological polar surface area (TPSA) is 47.6 Å². The molecule has 2 heteroatoms. The van der Waals surface area contributed by atoms with Crippen LogP contribution in [0.5, 0.6) is 0 Å². The molecule has 0 rings (SSSR count). The molecular formula is C8H8N2. The maximum atomic E-state index is 8.45. The molecule has 0 unspecified atom stereocenters. The Morgan fingerprint density at radius 1 is 1.00 bits per heavy atom. The van der Waals surface area contributed by atoms with Gasteiger partial charge in [0.1, 0.15) is 12.1 Å². The second kappa shape index (κ2) is 4.35. The molecule has 0 atom stereocenters. The highest BCUT2D eigenvalue weighted by Gasteiger charge is 1.98. The van der Waals surface area contributed by atoms with E-state index in [4.69, 9.17) is 10.5 Å². The molecule has 0 heterocycles. The van der Waals surface area contributed by atoms with Crippen LogP contribution in [-0.2, 0) is 0 Å². The van der Waals surface area contributed by atoms with Crippen molar-refractivity contribution in [2.24, 2.45) is 0 Å². The molecule has 2 nitrogen and oxygen atoms in total. The first-order valence-corrected chi connectivity index (χ1v) is 2.93. The summed E-state index contributed by atoms with van der Waals surface area (Å²) in [6.45, 7) is 3.47. The Labute approximate surface area is 60.7 Å². The van der Waals surface area contributed by atoms with Crippen molar-refractivity contribution in [3.8, 4) is 12.1 Å². The zero-order valence-electron chi connectivity index (χ0n) is 6.05. The maximum Gasteiger partial charge on any atom is 0.100 e. The van der Waals surface area contributed by atoms with Crippen molar-refractivity contribution in [3.05, 3.63) is 23.3 Å². The SMILES string of the molecule is C/C=C(C#N)/C(C#N)=C/C. The summed E-state index contributed by atoms with van der Waals surface area (Å²) in [6, 6.07) is 3.85. The van der Waals surface area contributed by atoms with Gasteiger partial charge in [0, 0.05) is 0 Å². The minimum absolute atomic E-state index is 0.435. The van der Waals surface area contributed by atoms with Gasteiger partial charge in [-0.25, -0.2) is 0 Å². The van der Waals surface area contributed by atoms with Crippen molar-refractivity contribution >= 4 is 0 Å². The van der Waals surface area contributed by atoms with E-state index in [-0.39, 0.29) is 0 Å². The van der Waals surface area contributed by atoms with E-state index in [9.17, 15) is 0 Å². The predicted octanol–water partition coefficient (Wildman–Crippen LogP) is 1.93. The lowest BCUT2D eigenvalue weighted by Crippen LogP contribution is -1.80. The van der Waals surface area contributed by atoms with Crippen molar-refractivity contribution in [2.75, 3.05) is 0 Å². The molecular weight excluding hydrogens is 124 g/mol. The number of nitrogens with zero attached hydrogens (tertiary/aromatic N) is 2. The Morgan fingerprint density at radius 2 is 1.30 bits per heavy atom. The first-order chi connectivity index (χ1) is 4.79. The fourth-order valence-electron chi connectivity index (χ4n) is 0.561. The summed E-state index contributed by atoms with van der Waals surface area (Å²) < 4.78 is 0. The van der Waals surface area contributed by atoms with E-state index in [1.165, 1.54) is 0 Å². The summed E-state index contributed by atoms with van der Waals surface area (Å²) in [6.07, 6.45) is 3.25. The largest absolute Gasteiger partial charge is 0.192 e. The summed E-state index contributed by atoms with van der Waals surface area (Å²) in [4.78, 5) is 0. The standard InChI is InChI=1S/C8H8N2/c1-3-7(5-9)8(4-2)6-10/h3-4H,1-2H3/b7-3+,8-4+. The van der Waals surface area contributed by atoms with Gasteiger partial charge < -0.3 is 0 Å². The zero-order valence-corrected chi connectivity index (χ0v) is 6.05. The number of hydrogen-bond donors (Lipinski definition) is 0. The third-order valence-electron chi connectivity index (χ3n) is 1.11. The molecule has 0 radical (unpaired) electrons. The summed E-state index contributed by atoms with van der Waals surface area (Å²) in [5.41, 5.74) is 0.870. The zero-order chi connectivity index (χ0) is 7.98. The van der Waals surface area contributed by atoms with Gasteiger partial charge in [-0.2, -0.15) is 10.5 Å². The van der Waals surface area contributed by atoms with Crippen molar-refractivity contribution < 1.29 is 0 Å². The van der Waals surface area contributed by atoms with E-state index in [1.54, 1.807) is 26.0 Å². The molecule has 0 saturated carbocycles. The van der Waals surface area contributed by atoms with E-state index in [1.807, 2.05) is 12.1 Å². The molecule has 0 N–H and O–H groups in total. The molecule has 50 valence electrons. The maximum absolute atomic E-state index is 8.45. The summed E-state index contributed by atoms with van der Waals surface area (Å²) >= 11 is 0. The lowest BCUT2D eigenvalue weighted by molar-refractivity contribution is 1.40. The van der Waals surface area contributed by atoms with E-state index >= 15 is 0 Å². The van der Waals surface area contributed by atoms with Crippen molar-refractivity contribution in [3.63, 3.8) is 0 Å². The summed E-state index contributed by atoms with van der Waals surface area (Å²) in [7, 11) is 0.